The average molecular weight is 198 g/mol. The molecular weight excluding hydrogens is 172 g/mol. The van der Waals surface area contributed by atoms with Gasteiger partial charge in [-0.2, -0.15) is 0 Å². The number of likely N-dealkylation sites (tertiary alicyclic amines) is 1. The van der Waals surface area contributed by atoms with Crippen LogP contribution in [0.5, 0.6) is 0 Å². The summed E-state index contributed by atoms with van der Waals surface area (Å²) in [5.74, 6) is 0. The normalized spacial score (nSPS) is 28.3. The fraction of sp³-hybridized carbons (Fsp3) is 1.00. The lowest BCUT2D eigenvalue weighted by Crippen LogP contribution is -2.65. The first-order chi connectivity index (χ1) is 6.17. The molecule has 0 radical (unpaired) electrons. The van der Waals surface area contributed by atoms with Crippen LogP contribution in [0.1, 0.15) is 54.4 Å². The first-order valence-corrected chi connectivity index (χ1v) is 5.72. The first kappa shape index (κ1) is 12.0. The quantitative estimate of drug-likeness (QED) is 0.701. The summed E-state index contributed by atoms with van der Waals surface area (Å²) >= 11 is 0. The number of nitrogens with zero attached hydrogens (tertiary/aromatic N) is 1. The van der Waals surface area contributed by atoms with Crippen LogP contribution < -0.4 is 5.73 Å². The maximum atomic E-state index is 6.12. The van der Waals surface area contributed by atoms with E-state index in [0.29, 0.717) is 12.1 Å². The maximum Gasteiger partial charge on any atom is 0.0175 e. The maximum absolute atomic E-state index is 6.12. The van der Waals surface area contributed by atoms with Crippen LogP contribution in [0, 0.1) is 0 Å². The highest BCUT2D eigenvalue weighted by molar-refractivity contribution is 5.02. The summed E-state index contributed by atoms with van der Waals surface area (Å²) in [5, 5.41) is 0. The lowest BCUT2D eigenvalue weighted by molar-refractivity contribution is -0.0578. The van der Waals surface area contributed by atoms with Crippen molar-refractivity contribution in [2.75, 3.05) is 0 Å². The molecule has 2 N–H and O–H groups in total. The van der Waals surface area contributed by atoms with Crippen LogP contribution in [0.15, 0.2) is 0 Å². The molecule has 0 aromatic carbocycles. The van der Waals surface area contributed by atoms with Gasteiger partial charge >= 0.3 is 0 Å². The summed E-state index contributed by atoms with van der Waals surface area (Å²) in [6.07, 6.45) is 2.21. The Morgan fingerprint density at radius 1 is 1.07 bits per heavy atom. The molecule has 1 fully saturated rings. The third-order valence-electron chi connectivity index (χ3n) is 3.34. The van der Waals surface area contributed by atoms with Gasteiger partial charge in [0.15, 0.2) is 0 Å². The van der Waals surface area contributed by atoms with Crippen molar-refractivity contribution in [2.45, 2.75) is 77.5 Å². The van der Waals surface area contributed by atoms with E-state index < -0.39 is 0 Å². The summed E-state index contributed by atoms with van der Waals surface area (Å²) in [7, 11) is 0. The van der Waals surface area contributed by atoms with Gasteiger partial charge in [0.1, 0.15) is 0 Å². The monoisotopic (exact) mass is 198 g/mol. The van der Waals surface area contributed by atoms with Gasteiger partial charge in [0.2, 0.25) is 0 Å². The van der Waals surface area contributed by atoms with Crippen LogP contribution in [0.3, 0.4) is 0 Å². The molecule has 2 heteroatoms. The van der Waals surface area contributed by atoms with E-state index in [-0.39, 0.29) is 11.1 Å². The Labute approximate surface area is 88.8 Å². The van der Waals surface area contributed by atoms with Gasteiger partial charge in [-0.05, 0) is 54.4 Å². The Balaban J connectivity index is 2.97. The predicted molar refractivity (Wildman–Crippen MR) is 62.3 cm³/mol. The number of hydrogen-bond donors (Lipinski definition) is 1. The van der Waals surface area contributed by atoms with Crippen LogP contribution in [0.25, 0.3) is 0 Å². The largest absolute Gasteiger partial charge is 0.328 e. The highest BCUT2D eigenvalue weighted by Gasteiger charge is 2.45. The highest BCUT2D eigenvalue weighted by Crippen LogP contribution is 2.39. The van der Waals surface area contributed by atoms with Crippen molar-refractivity contribution in [2.24, 2.45) is 5.73 Å². The van der Waals surface area contributed by atoms with Crippen molar-refractivity contribution in [1.29, 1.82) is 0 Å². The van der Waals surface area contributed by atoms with Crippen LogP contribution in [0.2, 0.25) is 0 Å². The topological polar surface area (TPSA) is 29.3 Å². The fourth-order valence-electron chi connectivity index (χ4n) is 3.77. The van der Waals surface area contributed by atoms with Crippen LogP contribution >= 0.6 is 0 Å². The van der Waals surface area contributed by atoms with Gasteiger partial charge in [0.05, 0.1) is 0 Å². The molecule has 0 unspecified atom stereocenters. The first-order valence-electron chi connectivity index (χ1n) is 5.72. The molecule has 1 saturated heterocycles. The molecule has 1 heterocycles. The Hall–Kier alpha value is -0.0800. The standard InChI is InChI=1S/C12H26N2/c1-9(2)14-11(3,4)7-10(13)8-12(14,5)6/h9-10H,7-8,13H2,1-6H3. The summed E-state index contributed by atoms with van der Waals surface area (Å²) in [6, 6.07) is 0.947. The molecule has 14 heavy (non-hydrogen) atoms. The van der Waals surface area contributed by atoms with E-state index in [1.54, 1.807) is 0 Å². The molecule has 0 aromatic rings. The van der Waals surface area contributed by atoms with Crippen LogP contribution in [-0.4, -0.2) is 28.1 Å². The Kier molecular flexibility index (Phi) is 2.99. The van der Waals surface area contributed by atoms with E-state index in [0.717, 1.165) is 12.8 Å². The third-order valence-corrected chi connectivity index (χ3v) is 3.34. The average Bonchev–Trinajstić information content (AvgIpc) is 1.75. The van der Waals surface area contributed by atoms with Crippen molar-refractivity contribution >= 4 is 0 Å². The van der Waals surface area contributed by atoms with Gasteiger partial charge in [-0.1, -0.05) is 0 Å². The second kappa shape index (κ2) is 3.49. The van der Waals surface area contributed by atoms with Gasteiger partial charge in [-0.3, -0.25) is 4.90 Å². The Morgan fingerprint density at radius 3 is 1.71 bits per heavy atom. The minimum atomic E-state index is 0.231. The highest BCUT2D eigenvalue weighted by atomic mass is 15.3. The Bertz CT molecular complexity index is 188. The Morgan fingerprint density at radius 2 is 1.43 bits per heavy atom. The lowest BCUT2D eigenvalue weighted by atomic mass is 9.76. The minimum absolute atomic E-state index is 0.231. The zero-order valence-electron chi connectivity index (χ0n) is 10.6. The molecule has 0 aliphatic carbocycles. The summed E-state index contributed by atoms with van der Waals surface area (Å²) in [4.78, 5) is 2.61. The molecule has 1 aliphatic rings. The number of hydrogen-bond acceptors (Lipinski definition) is 2. The molecule has 84 valence electrons. The van der Waals surface area contributed by atoms with Gasteiger partial charge < -0.3 is 5.73 Å². The second-order valence-corrected chi connectivity index (χ2v) is 6.26. The van der Waals surface area contributed by atoms with Gasteiger partial charge in [0.25, 0.3) is 0 Å². The van der Waals surface area contributed by atoms with E-state index in [4.69, 9.17) is 5.73 Å². The minimum Gasteiger partial charge on any atom is -0.328 e. The van der Waals surface area contributed by atoms with E-state index in [2.05, 4.69) is 46.4 Å². The number of nitrogens with two attached hydrogens (primary N) is 1. The molecule has 0 bridgehead atoms. The number of rotatable bonds is 1. The van der Waals surface area contributed by atoms with Crippen molar-refractivity contribution < 1.29 is 0 Å². The zero-order valence-corrected chi connectivity index (χ0v) is 10.6. The predicted octanol–water partition coefficient (Wildman–Crippen LogP) is 2.38. The second-order valence-electron chi connectivity index (χ2n) is 6.26. The molecule has 0 atom stereocenters. The number of piperidine rings is 1. The summed E-state index contributed by atoms with van der Waals surface area (Å²) in [5.41, 5.74) is 6.58. The third kappa shape index (κ3) is 2.12. The van der Waals surface area contributed by atoms with Crippen LogP contribution in [0.4, 0.5) is 0 Å². The van der Waals surface area contributed by atoms with Gasteiger partial charge in [-0.25, -0.2) is 0 Å². The van der Waals surface area contributed by atoms with E-state index in [1.165, 1.54) is 0 Å². The smallest absolute Gasteiger partial charge is 0.0175 e. The van der Waals surface area contributed by atoms with Crippen molar-refractivity contribution in [1.82, 2.24) is 4.90 Å². The van der Waals surface area contributed by atoms with Crippen molar-refractivity contribution in [3.63, 3.8) is 0 Å². The fourth-order valence-corrected chi connectivity index (χ4v) is 3.77. The van der Waals surface area contributed by atoms with Crippen LogP contribution in [-0.2, 0) is 0 Å². The van der Waals surface area contributed by atoms with Gasteiger partial charge in [-0.15, -0.1) is 0 Å². The summed E-state index contributed by atoms with van der Waals surface area (Å²) in [6.45, 7) is 13.8. The van der Waals surface area contributed by atoms with E-state index in [9.17, 15) is 0 Å². The molecular formula is C12H26N2. The van der Waals surface area contributed by atoms with Gasteiger partial charge in [0, 0.05) is 23.2 Å². The van der Waals surface area contributed by atoms with E-state index >= 15 is 0 Å². The molecule has 0 spiro atoms. The lowest BCUT2D eigenvalue weighted by Gasteiger charge is -2.56. The molecule has 2 nitrogen and oxygen atoms in total. The molecule has 0 aromatic heterocycles. The molecule has 1 aliphatic heterocycles. The zero-order chi connectivity index (χ0) is 11.1. The molecule has 0 amide bonds. The SMILES string of the molecule is CC(C)N1C(C)(C)CC(N)CC1(C)C. The van der Waals surface area contributed by atoms with Crippen molar-refractivity contribution in [3.8, 4) is 0 Å². The molecule has 1 rings (SSSR count). The molecule has 0 saturated carbocycles. The van der Waals surface area contributed by atoms with E-state index in [1.807, 2.05) is 0 Å². The summed E-state index contributed by atoms with van der Waals surface area (Å²) < 4.78 is 0. The van der Waals surface area contributed by atoms with Crippen molar-refractivity contribution in [3.05, 3.63) is 0 Å².